The Kier molecular flexibility index (Phi) is 8.49. The Morgan fingerprint density at radius 2 is 1.72 bits per heavy atom. The van der Waals surface area contributed by atoms with Gasteiger partial charge in [0.15, 0.2) is 0 Å². The number of carbonyl (C=O) groups is 1. The predicted octanol–water partition coefficient (Wildman–Crippen LogP) is 6.11. The molecule has 3 fully saturated rings. The topological polar surface area (TPSA) is 80.7 Å². The highest BCUT2D eigenvalue weighted by atomic mass is 32.2. The standard InChI is InChI=1S/C28H37F2N5O2S2/c1-19(18-36)39-33-25-16-22(34-11-7-27(5-6-27)8-12-34)21(17-31-25)26(37)32-20-3-4-24(38-2)23(15-20)35-13-9-28(29,30)10-14-35/h3-4,15-17,19,36H,5-14,18H2,1-2H3,(H,31,33)(H,32,37)/t19-/m0/s1. The van der Waals surface area contributed by atoms with E-state index in [1.165, 1.54) is 24.8 Å². The number of hydrogen-bond acceptors (Lipinski definition) is 8. The Balaban J connectivity index is 1.36. The van der Waals surface area contributed by atoms with Gasteiger partial charge < -0.3 is 24.9 Å². The summed E-state index contributed by atoms with van der Waals surface area (Å²) in [4.78, 5) is 23.4. The number of aliphatic hydroxyl groups excluding tert-OH is 1. The second-order valence-electron chi connectivity index (χ2n) is 11.0. The average molecular weight is 578 g/mol. The summed E-state index contributed by atoms with van der Waals surface area (Å²) >= 11 is 2.96. The van der Waals surface area contributed by atoms with Crippen molar-refractivity contribution < 1.29 is 18.7 Å². The van der Waals surface area contributed by atoms with Crippen LogP contribution in [0.2, 0.25) is 0 Å². The molecule has 1 aromatic heterocycles. The van der Waals surface area contributed by atoms with Gasteiger partial charge in [0.25, 0.3) is 11.8 Å². The minimum absolute atomic E-state index is 0.00696. The fraction of sp³-hybridized carbons (Fsp3) is 0.571. The van der Waals surface area contributed by atoms with Crippen LogP contribution >= 0.6 is 23.7 Å². The van der Waals surface area contributed by atoms with Crippen LogP contribution in [0.15, 0.2) is 35.4 Å². The Bertz CT molecular complexity index is 1180. The van der Waals surface area contributed by atoms with Crippen molar-refractivity contribution in [2.75, 3.05) is 58.9 Å². The molecule has 39 heavy (non-hydrogen) atoms. The van der Waals surface area contributed by atoms with Gasteiger partial charge in [-0.05, 0) is 74.4 Å². The zero-order valence-electron chi connectivity index (χ0n) is 22.5. The van der Waals surface area contributed by atoms with Crippen LogP contribution in [-0.2, 0) is 0 Å². The van der Waals surface area contributed by atoms with Crippen LogP contribution in [0.25, 0.3) is 0 Å². The Hall–Kier alpha value is -2.24. The van der Waals surface area contributed by atoms with Crippen molar-refractivity contribution in [1.82, 2.24) is 4.98 Å². The monoisotopic (exact) mass is 577 g/mol. The van der Waals surface area contributed by atoms with E-state index < -0.39 is 5.92 Å². The van der Waals surface area contributed by atoms with E-state index in [-0.39, 0.29) is 43.7 Å². The number of nitrogens with zero attached hydrogens (tertiary/aromatic N) is 3. The van der Waals surface area contributed by atoms with Gasteiger partial charge in [0, 0.05) is 67.1 Å². The van der Waals surface area contributed by atoms with Gasteiger partial charge in [-0.15, -0.1) is 11.8 Å². The van der Waals surface area contributed by atoms with Gasteiger partial charge in [-0.25, -0.2) is 13.8 Å². The van der Waals surface area contributed by atoms with Gasteiger partial charge in [-0.3, -0.25) is 4.79 Å². The summed E-state index contributed by atoms with van der Waals surface area (Å²) in [5.74, 6) is -2.22. The number of carbonyl (C=O) groups excluding carboxylic acids is 1. The van der Waals surface area contributed by atoms with Crippen LogP contribution < -0.4 is 19.8 Å². The molecular formula is C28H37F2N5O2S2. The summed E-state index contributed by atoms with van der Waals surface area (Å²) in [5, 5.41) is 12.4. The van der Waals surface area contributed by atoms with Gasteiger partial charge in [0.05, 0.1) is 23.5 Å². The van der Waals surface area contributed by atoms with Crippen molar-refractivity contribution in [1.29, 1.82) is 0 Å². The third kappa shape index (κ3) is 6.74. The molecule has 1 saturated carbocycles. The molecule has 0 radical (unpaired) electrons. The number of piperidine rings is 2. The van der Waals surface area contributed by atoms with Crippen molar-refractivity contribution in [3.8, 4) is 0 Å². The van der Waals surface area contributed by atoms with Crippen LogP contribution in [0.4, 0.5) is 31.7 Å². The predicted molar refractivity (Wildman–Crippen MR) is 158 cm³/mol. The Labute approximate surface area is 237 Å². The number of pyridine rings is 1. The van der Waals surface area contributed by atoms with Crippen LogP contribution in [0.5, 0.6) is 0 Å². The molecule has 3 heterocycles. The Morgan fingerprint density at radius 1 is 1.05 bits per heavy atom. The van der Waals surface area contributed by atoms with Gasteiger partial charge in [0.2, 0.25) is 0 Å². The van der Waals surface area contributed by atoms with E-state index in [1.54, 1.807) is 18.0 Å². The molecule has 1 aromatic carbocycles. The first kappa shape index (κ1) is 28.3. The number of benzene rings is 1. The van der Waals surface area contributed by atoms with Crippen LogP contribution in [0.3, 0.4) is 0 Å². The molecule has 212 valence electrons. The van der Waals surface area contributed by atoms with Gasteiger partial charge in [-0.1, -0.05) is 0 Å². The first-order valence-electron chi connectivity index (χ1n) is 13.6. The van der Waals surface area contributed by atoms with Crippen molar-refractivity contribution in [2.45, 2.75) is 61.5 Å². The van der Waals surface area contributed by atoms with Gasteiger partial charge >= 0.3 is 0 Å². The van der Waals surface area contributed by atoms with Crippen molar-refractivity contribution >= 4 is 52.5 Å². The van der Waals surface area contributed by atoms with E-state index in [0.29, 0.717) is 22.5 Å². The lowest BCUT2D eigenvalue weighted by molar-refractivity contribution is -0.0221. The van der Waals surface area contributed by atoms with Crippen molar-refractivity contribution in [2.24, 2.45) is 5.41 Å². The first-order valence-corrected chi connectivity index (χ1v) is 15.7. The molecule has 1 aliphatic carbocycles. The summed E-state index contributed by atoms with van der Waals surface area (Å²) in [6.07, 6.45) is 8.11. The van der Waals surface area contributed by atoms with E-state index in [9.17, 15) is 18.7 Å². The molecule has 2 aliphatic heterocycles. The molecule has 5 rings (SSSR count). The van der Waals surface area contributed by atoms with Gasteiger partial charge in [0.1, 0.15) is 5.82 Å². The molecule has 1 spiro atoms. The molecule has 3 aliphatic rings. The van der Waals surface area contributed by atoms with E-state index in [2.05, 4.69) is 19.9 Å². The van der Waals surface area contributed by atoms with E-state index in [1.807, 2.05) is 42.3 Å². The second kappa shape index (κ2) is 11.7. The lowest BCUT2D eigenvalue weighted by atomic mass is 9.93. The molecule has 0 bridgehead atoms. The highest BCUT2D eigenvalue weighted by Gasteiger charge is 2.44. The van der Waals surface area contributed by atoms with E-state index in [0.717, 1.165) is 42.2 Å². The maximum atomic E-state index is 13.8. The zero-order valence-corrected chi connectivity index (χ0v) is 24.1. The molecular weight excluding hydrogens is 540 g/mol. The van der Waals surface area contributed by atoms with Crippen LogP contribution in [0, 0.1) is 5.41 Å². The summed E-state index contributed by atoms with van der Waals surface area (Å²) in [7, 11) is 0. The largest absolute Gasteiger partial charge is 0.395 e. The number of nitrogens with one attached hydrogen (secondary N) is 2. The number of hydrogen-bond donors (Lipinski definition) is 3. The van der Waals surface area contributed by atoms with Gasteiger partial charge in [-0.2, -0.15) is 0 Å². The lowest BCUT2D eigenvalue weighted by Crippen LogP contribution is -2.39. The maximum absolute atomic E-state index is 13.8. The lowest BCUT2D eigenvalue weighted by Gasteiger charge is -2.35. The third-order valence-electron chi connectivity index (χ3n) is 8.14. The zero-order chi connectivity index (χ0) is 27.6. The Morgan fingerprint density at radius 3 is 2.36 bits per heavy atom. The molecule has 0 unspecified atom stereocenters. The van der Waals surface area contributed by atoms with Crippen LogP contribution in [0.1, 0.15) is 55.8 Å². The van der Waals surface area contributed by atoms with Crippen molar-refractivity contribution in [3.63, 3.8) is 0 Å². The first-order chi connectivity index (χ1) is 18.7. The number of halogens is 2. The summed E-state index contributed by atoms with van der Waals surface area (Å²) in [6.45, 7) is 4.34. The molecule has 2 aromatic rings. The second-order valence-corrected chi connectivity index (χ2v) is 13.1. The SMILES string of the molecule is CSc1ccc(NC(=O)c2cnc(NS[C@@H](C)CO)cc2N2CCC3(CC2)CC3)cc1N1CCC(F)(F)CC1. The number of thioether (sulfide) groups is 1. The highest BCUT2D eigenvalue weighted by molar-refractivity contribution is 8.01. The quantitative estimate of drug-likeness (QED) is 0.243. The smallest absolute Gasteiger partial charge is 0.259 e. The maximum Gasteiger partial charge on any atom is 0.259 e. The highest BCUT2D eigenvalue weighted by Crippen LogP contribution is 2.54. The molecule has 7 nitrogen and oxygen atoms in total. The summed E-state index contributed by atoms with van der Waals surface area (Å²) < 4.78 is 30.7. The summed E-state index contributed by atoms with van der Waals surface area (Å²) in [5.41, 5.74) is 3.35. The minimum atomic E-state index is -2.62. The summed E-state index contributed by atoms with van der Waals surface area (Å²) in [6, 6.07) is 7.61. The number of alkyl halides is 2. The number of rotatable bonds is 9. The number of amides is 1. The third-order valence-corrected chi connectivity index (χ3v) is 9.81. The molecule has 3 N–H and O–H groups in total. The molecule has 11 heteroatoms. The van der Waals surface area contributed by atoms with E-state index >= 15 is 0 Å². The van der Waals surface area contributed by atoms with Crippen LogP contribution in [-0.4, -0.2) is 66.2 Å². The number of aromatic nitrogens is 1. The normalized spacial score (nSPS) is 20.5. The van der Waals surface area contributed by atoms with E-state index in [4.69, 9.17) is 0 Å². The van der Waals surface area contributed by atoms with Crippen molar-refractivity contribution in [3.05, 3.63) is 36.0 Å². The number of aliphatic hydroxyl groups is 1. The fourth-order valence-electron chi connectivity index (χ4n) is 5.32. The molecule has 2 saturated heterocycles. The average Bonchev–Trinajstić information content (AvgIpc) is 3.70. The minimum Gasteiger partial charge on any atom is -0.395 e. The molecule has 1 amide bonds. The number of anilines is 4. The fourth-order valence-corrected chi connectivity index (χ4v) is 6.43. The molecule has 1 atom stereocenters.